The van der Waals surface area contributed by atoms with Gasteiger partial charge in [0.05, 0.1) is 6.20 Å². The number of hydrogen-bond acceptors (Lipinski definition) is 4. The third kappa shape index (κ3) is 3.89. The van der Waals surface area contributed by atoms with Gasteiger partial charge in [0.25, 0.3) is 5.91 Å². The van der Waals surface area contributed by atoms with E-state index in [0.717, 1.165) is 5.70 Å². The zero-order valence-corrected chi connectivity index (χ0v) is 20.0. The normalized spacial score (nSPS) is 18.7. The second kappa shape index (κ2) is 8.25. The number of nitrogens with zero attached hydrogens (tertiary/aromatic N) is 2. The molecule has 5 rings (SSSR count). The first-order chi connectivity index (χ1) is 16.1. The van der Waals surface area contributed by atoms with Gasteiger partial charge in [-0.3, -0.25) is 9.59 Å². The monoisotopic (exact) mass is 498 g/mol. The second-order valence-electron chi connectivity index (χ2n) is 9.31. The lowest BCUT2D eigenvalue weighted by atomic mass is 9.73. The number of nitrogens with one attached hydrogen (secondary N) is 2. The number of fused-ring (bicyclic) bond motifs is 1. The molecule has 1 aliphatic carbocycles. The number of Topliss-reactive ketones (excluding diaryl/α,β-unsaturated/α-hetero) is 1. The summed E-state index contributed by atoms with van der Waals surface area (Å²) >= 11 is 13.1. The lowest BCUT2D eigenvalue weighted by molar-refractivity contribution is -0.118. The third-order valence-electron chi connectivity index (χ3n) is 6.12. The minimum Gasteiger partial charge on any atom is -0.343 e. The summed E-state index contributed by atoms with van der Waals surface area (Å²) < 4.78 is 14.8. The largest absolute Gasteiger partial charge is 0.343 e. The van der Waals surface area contributed by atoms with E-state index in [1.165, 1.54) is 30.5 Å². The number of aromatic nitrogens is 2. The van der Waals surface area contributed by atoms with Gasteiger partial charge in [-0.05, 0) is 48.2 Å². The van der Waals surface area contributed by atoms with Crippen LogP contribution in [0.1, 0.15) is 48.7 Å². The van der Waals surface area contributed by atoms with E-state index in [4.69, 9.17) is 23.2 Å². The summed E-state index contributed by atoms with van der Waals surface area (Å²) in [6, 6.07) is 9.98. The molecule has 0 saturated heterocycles. The Hall–Kier alpha value is -3.16. The number of allylic oxidation sites excluding steroid dienone is 2. The molecule has 6 nitrogen and oxygen atoms in total. The number of amides is 1. The van der Waals surface area contributed by atoms with Gasteiger partial charge in [-0.25, -0.2) is 9.07 Å². The predicted octanol–water partition coefficient (Wildman–Crippen LogP) is 6.24. The van der Waals surface area contributed by atoms with Crippen LogP contribution in [0.2, 0.25) is 10.0 Å². The maximum absolute atomic E-state index is 13.3. The molecular weight excluding hydrogens is 478 g/mol. The number of hydrogen-bond donors (Lipinski definition) is 2. The number of carbonyl (C=O) groups is 2. The zero-order valence-electron chi connectivity index (χ0n) is 18.5. The molecule has 2 heterocycles. The number of carbonyl (C=O) groups excluding carboxylic acids is 2. The summed E-state index contributed by atoms with van der Waals surface area (Å²) in [7, 11) is 0. The molecule has 174 valence electrons. The van der Waals surface area contributed by atoms with Crippen molar-refractivity contribution in [2.75, 3.05) is 10.6 Å². The van der Waals surface area contributed by atoms with Gasteiger partial charge in [-0.1, -0.05) is 43.1 Å². The summed E-state index contributed by atoms with van der Waals surface area (Å²) in [6.07, 6.45) is 2.42. The smallest absolute Gasteiger partial charge is 0.261 e. The molecule has 0 spiro atoms. The van der Waals surface area contributed by atoms with Crippen LogP contribution < -0.4 is 10.6 Å². The molecule has 0 bridgehead atoms. The van der Waals surface area contributed by atoms with Gasteiger partial charge < -0.3 is 10.6 Å². The number of benzene rings is 2. The molecule has 0 saturated carbocycles. The molecule has 34 heavy (non-hydrogen) atoms. The number of anilines is 2. The van der Waals surface area contributed by atoms with Crippen molar-refractivity contribution < 1.29 is 14.0 Å². The molecule has 1 amide bonds. The maximum Gasteiger partial charge on any atom is 0.261 e. The Morgan fingerprint density at radius 3 is 2.50 bits per heavy atom. The standard InChI is InChI=1S/C25H21Cl2FN4O2/c1-25(2)10-18-21(19(33)11-25)22(20-16(26)4-3-5-17(20)27)32-23(31-18)15(12-29-32)24(34)30-14-8-6-13(28)7-9-14/h3-9,12,22,31H,10-11H2,1-2H3,(H,30,34)/t22-/m0/s1. The Bertz CT molecular complexity index is 1340. The van der Waals surface area contributed by atoms with Crippen molar-refractivity contribution in [2.45, 2.75) is 32.7 Å². The SMILES string of the molecule is CC1(C)CC(=O)C2=C(C1)Nc1c(C(=O)Nc3ccc(F)cc3)cnn1[C@H]2c1c(Cl)cccc1Cl. The first-order valence-corrected chi connectivity index (χ1v) is 11.5. The molecule has 2 aromatic carbocycles. The highest BCUT2D eigenvalue weighted by atomic mass is 35.5. The van der Waals surface area contributed by atoms with E-state index < -0.39 is 17.8 Å². The first kappa shape index (κ1) is 22.6. The van der Waals surface area contributed by atoms with E-state index in [2.05, 4.69) is 15.7 Å². The van der Waals surface area contributed by atoms with E-state index in [1.807, 2.05) is 13.8 Å². The van der Waals surface area contributed by atoms with Crippen LogP contribution in [0.3, 0.4) is 0 Å². The Morgan fingerprint density at radius 2 is 1.82 bits per heavy atom. The van der Waals surface area contributed by atoms with E-state index in [9.17, 15) is 14.0 Å². The predicted molar refractivity (Wildman–Crippen MR) is 130 cm³/mol. The molecule has 1 aliphatic heterocycles. The Morgan fingerprint density at radius 1 is 1.15 bits per heavy atom. The van der Waals surface area contributed by atoms with Crippen molar-refractivity contribution in [3.05, 3.63) is 86.9 Å². The first-order valence-electron chi connectivity index (χ1n) is 10.8. The number of rotatable bonds is 3. The third-order valence-corrected chi connectivity index (χ3v) is 6.78. The van der Waals surface area contributed by atoms with Crippen LogP contribution in [0, 0.1) is 11.2 Å². The minimum atomic E-state index is -0.677. The fourth-order valence-electron chi connectivity index (χ4n) is 4.65. The summed E-state index contributed by atoms with van der Waals surface area (Å²) in [4.78, 5) is 26.5. The molecule has 1 aromatic heterocycles. The van der Waals surface area contributed by atoms with Gasteiger partial charge in [0, 0.05) is 39.0 Å². The fraction of sp³-hybridized carbons (Fsp3) is 0.240. The van der Waals surface area contributed by atoms with Crippen LogP contribution in [0.5, 0.6) is 0 Å². The second-order valence-corrected chi connectivity index (χ2v) is 10.1. The average Bonchev–Trinajstić information content (AvgIpc) is 3.17. The highest BCUT2D eigenvalue weighted by Gasteiger charge is 2.43. The highest BCUT2D eigenvalue weighted by Crippen LogP contribution is 2.48. The van der Waals surface area contributed by atoms with E-state index in [0.29, 0.717) is 45.5 Å². The summed E-state index contributed by atoms with van der Waals surface area (Å²) in [5, 5.41) is 11.3. The molecule has 0 radical (unpaired) electrons. The van der Waals surface area contributed by atoms with Crippen molar-refractivity contribution in [3.8, 4) is 0 Å². The van der Waals surface area contributed by atoms with Crippen LogP contribution in [0.15, 0.2) is 59.9 Å². The van der Waals surface area contributed by atoms with Gasteiger partial charge in [0.1, 0.15) is 23.2 Å². The van der Waals surface area contributed by atoms with Crippen molar-refractivity contribution in [1.29, 1.82) is 0 Å². The van der Waals surface area contributed by atoms with Gasteiger partial charge >= 0.3 is 0 Å². The van der Waals surface area contributed by atoms with E-state index in [1.54, 1.807) is 22.9 Å². The van der Waals surface area contributed by atoms with Crippen LogP contribution in [0.4, 0.5) is 15.9 Å². The molecule has 0 fully saturated rings. The molecule has 0 unspecified atom stereocenters. The van der Waals surface area contributed by atoms with Crippen LogP contribution in [-0.4, -0.2) is 21.5 Å². The number of ketones is 1. The molecule has 3 aromatic rings. The molecule has 2 N–H and O–H groups in total. The zero-order chi connectivity index (χ0) is 24.2. The van der Waals surface area contributed by atoms with Gasteiger partial charge in [0.15, 0.2) is 5.78 Å². The van der Waals surface area contributed by atoms with Crippen LogP contribution >= 0.6 is 23.2 Å². The number of halogens is 3. The molecular formula is C25H21Cl2FN4O2. The summed E-state index contributed by atoms with van der Waals surface area (Å²) in [6.45, 7) is 4.06. The van der Waals surface area contributed by atoms with Crippen molar-refractivity contribution in [2.24, 2.45) is 5.41 Å². The van der Waals surface area contributed by atoms with Gasteiger partial charge in [-0.15, -0.1) is 0 Å². The minimum absolute atomic E-state index is 0.0156. The van der Waals surface area contributed by atoms with Gasteiger partial charge in [-0.2, -0.15) is 5.10 Å². The topological polar surface area (TPSA) is 76.0 Å². The van der Waals surface area contributed by atoms with Crippen molar-refractivity contribution in [1.82, 2.24) is 9.78 Å². The van der Waals surface area contributed by atoms with Crippen molar-refractivity contribution >= 4 is 46.4 Å². The van der Waals surface area contributed by atoms with Crippen LogP contribution in [-0.2, 0) is 4.79 Å². The van der Waals surface area contributed by atoms with E-state index >= 15 is 0 Å². The fourth-order valence-corrected chi connectivity index (χ4v) is 5.25. The summed E-state index contributed by atoms with van der Waals surface area (Å²) in [5.74, 6) is -0.399. The Labute approximate surface area is 205 Å². The molecule has 1 atom stereocenters. The van der Waals surface area contributed by atoms with E-state index in [-0.39, 0.29) is 16.8 Å². The van der Waals surface area contributed by atoms with Crippen molar-refractivity contribution in [3.63, 3.8) is 0 Å². The van der Waals surface area contributed by atoms with Gasteiger partial charge in [0.2, 0.25) is 0 Å². The average molecular weight is 499 g/mol. The Kier molecular flexibility index (Phi) is 5.49. The molecule has 9 heteroatoms. The maximum atomic E-state index is 13.3. The molecule has 2 aliphatic rings. The Balaban J connectivity index is 1.63. The highest BCUT2D eigenvalue weighted by molar-refractivity contribution is 6.36. The lowest BCUT2D eigenvalue weighted by Gasteiger charge is -2.39. The summed E-state index contributed by atoms with van der Waals surface area (Å²) in [5.41, 5.74) is 2.31. The quantitative estimate of drug-likeness (QED) is 0.448. The lowest BCUT2D eigenvalue weighted by Crippen LogP contribution is -2.37. The van der Waals surface area contributed by atoms with Crippen LogP contribution in [0.25, 0.3) is 0 Å².